The van der Waals surface area contributed by atoms with E-state index in [9.17, 15) is 9.59 Å². The number of carbonyl (C=O) groups is 2. The number of halogens is 1. The molecule has 0 aromatic heterocycles. The zero-order valence-electron chi connectivity index (χ0n) is 17.7. The first-order valence-corrected chi connectivity index (χ1v) is 10.3. The second kappa shape index (κ2) is 12.1. The highest BCUT2D eigenvalue weighted by Gasteiger charge is 2.22. The van der Waals surface area contributed by atoms with Gasteiger partial charge in [-0.1, -0.05) is 12.1 Å². The number of piperazine rings is 1. The second-order valence-corrected chi connectivity index (χ2v) is 7.55. The molecule has 166 valence electrons. The highest BCUT2D eigenvalue weighted by Crippen LogP contribution is 2.14. The van der Waals surface area contributed by atoms with Gasteiger partial charge in [-0.05, 0) is 31.0 Å². The van der Waals surface area contributed by atoms with Gasteiger partial charge in [0.25, 0.3) is 5.91 Å². The van der Waals surface area contributed by atoms with Crippen LogP contribution in [0.3, 0.4) is 0 Å². The molecule has 0 saturated carbocycles. The zero-order chi connectivity index (χ0) is 20.6. The molecular formula is C21H32IN5O3. The van der Waals surface area contributed by atoms with Crippen molar-refractivity contribution < 1.29 is 14.3 Å². The van der Waals surface area contributed by atoms with Gasteiger partial charge in [0.15, 0.2) is 5.96 Å². The van der Waals surface area contributed by atoms with Crippen LogP contribution in [0.4, 0.5) is 0 Å². The van der Waals surface area contributed by atoms with Gasteiger partial charge in [-0.2, -0.15) is 0 Å². The van der Waals surface area contributed by atoms with Crippen molar-refractivity contribution in [2.24, 2.45) is 10.9 Å². The minimum absolute atomic E-state index is 0. The molecule has 1 aromatic carbocycles. The molecule has 2 aliphatic heterocycles. The molecule has 2 fully saturated rings. The summed E-state index contributed by atoms with van der Waals surface area (Å²) in [5, 5.41) is 6.07. The molecule has 0 bridgehead atoms. The molecule has 0 aliphatic carbocycles. The largest absolute Gasteiger partial charge is 0.381 e. The number of ether oxygens (including phenoxy) is 1. The average Bonchev–Trinajstić information content (AvgIpc) is 3.24. The Morgan fingerprint density at radius 2 is 2.13 bits per heavy atom. The van der Waals surface area contributed by atoms with Crippen LogP contribution in [0.1, 0.15) is 29.3 Å². The normalized spacial score (nSPS) is 19.1. The minimum atomic E-state index is -0.111. The van der Waals surface area contributed by atoms with Crippen LogP contribution in [0.2, 0.25) is 0 Å². The summed E-state index contributed by atoms with van der Waals surface area (Å²) in [7, 11) is 2.05. The Kier molecular flexibility index (Phi) is 9.83. The van der Waals surface area contributed by atoms with Gasteiger partial charge < -0.3 is 25.2 Å². The Hall–Kier alpha value is -1.88. The monoisotopic (exact) mass is 529 g/mol. The van der Waals surface area contributed by atoms with Crippen molar-refractivity contribution in [2.45, 2.75) is 19.9 Å². The summed E-state index contributed by atoms with van der Waals surface area (Å²) in [6.45, 7) is 7.15. The number of benzene rings is 1. The number of amides is 2. The molecule has 1 unspecified atom stereocenters. The van der Waals surface area contributed by atoms with Gasteiger partial charge >= 0.3 is 0 Å². The Balaban J connectivity index is 0.00000320. The van der Waals surface area contributed by atoms with E-state index in [0.29, 0.717) is 31.1 Å². The molecule has 9 heteroatoms. The van der Waals surface area contributed by atoms with Crippen molar-refractivity contribution in [2.75, 3.05) is 53.0 Å². The number of hydrogen-bond acceptors (Lipinski definition) is 4. The lowest BCUT2D eigenvalue weighted by Gasteiger charge is -2.26. The van der Waals surface area contributed by atoms with Crippen molar-refractivity contribution in [3.05, 3.63) is 35.4 Å². The van der Waals surface area contributed by atoms with E-state index in [0.717, 1.165) is 44.2 Å². The Morgan fingerprint density at radius 1 is 1.37 bits per heavy atom. The lowest BCUT2D eigenvalue weighted by Crippen LogP contribution is -2.49. The van der Waals surface area contributed by atoms with E-state index in [1.165, 1.54) is 0 Å². The summed E-state index contributed by atoms with van der Waals surface area (Å²) in [6.07, 6.45) is 1.10. The molecule has 8 nitrogen and oxygen atoms in total. The van der Waals surface area contributed by atoms with Crippen molar-refractivity contribution >= 4 is 41.8 Å². The van der Waals surface area contributed by atoms with Gasteiger partial charge in [0, 0.05) is 51.3 Å². The number of rotatable bonds is 6. The summed E-state index contributed by atoms with van der Waals surface area (Å²) < 4.78 is 5.47. The lowest BCUT2D eigenvalue weighted by atomic mass is 10.1. The second-order valence-electron chi connectivity index (χ2n) is 7.55. The predicted molar refractivity (Wildman–Crippen MR) is 127 cm³/mol. The molecule has 1 aromatic rings. The summed E-state index contributed by atoms with van der Waals surface area (Å²) >= 11 is 0. The molecule has 1 atom stereocenters. The van der Waals surface area contributed by atoms with Crippen LogP contribution >= 0.6 is 24.0 Å². The fourth-order valence-electron chi connectivity index (χ4n) is 3.58. The third-order valence-corrected chi connectivity index (χ3v) is 5.19. The fraction of sp³-hybridized carbons (Fsp3) is 0.571. The molecule has 2 N–H and O–H groups in total. The van der Waals surface area contributed by atoms with E-state index >= 15 is 0 Å². The molecule has 30 heavy (non-hydrogen) atoms. The Bertz CT molecular complexity index is 735. The molecule has 0 spiro atoms. The van der Waals surface area contributed by atoms with Gasteiger partial charge in [-0.15, -0.1) is 24.0 Å². The Morgan fingerprint density at radius 3 is 2.77 bits per heavy atom. The molecule has 2 amide bonds. The predicted octanol–water partition coefficient (Wildman–Crippen LogP) is 1.31. The number of nitrogens with zero attached hydrogens (tertiary/aromatic N) is 3. The van der Waals surface area contributed by atoms with Crippen molar-refractivity contribution in [3.63, 3.8) is 0 Å². The maximum Gasteiger partial charge on any atom is 0.254 e. The van der Waals surface area contributed by atoms with Crippen LogP contribution in [0.15, 0.2) is 29.3 Å². The molecule has 0 radical (unpaired) electrons. The van der Waals surface area contributed by atoms with Crippen LogP contribution in [-0.4, -0.2) is 80.6 Å². The number of hydrogen-bond donors (Lipinski definition) is 2. The van der Waals surface area contributed by atoms with Crippen molar-refractivity contribution in [3.8, 4) is 0 Å². The molecule has 2 saturated heterocycles. The molecular weight excluding hydrogens is 497 g/mol. The molecule has 3 rings (SSSR count). The third kappa shape index (κ3) is 6.83. The standard InChI is InChI=1S/C21H31N5O3.HI/c1-3-22-21(25(2)13-17-8-11-29-15-17)24-12-16-4-6-18(7-5-16)20(28)26-10-9-23-19(27)14-26;/h4-7,17H,3,8-15H2,1-2H3,(H,22,24)(H,23,27);1H. The van der Waals surface area contributed by atoms with E-state index in [1.807, 2.05) is 24.3 Å². The first-order chi connectivity index (χ1) is 14.1. The quantitative estimate of drug-likeness (QED) is 0.330. The summed E-state index contributed by atoms with van der Waals surface area (Å²) in [5.74, 6) is 1.20. The maximum atomic E-state index is 12.6. The molecule has 2 heterocycles. The number of nitrogens with one attached hydrogen (secondary N) is 2. The smallest absolute Gasteiger partial charge is 0.254 e. The number of carbonyl (C=O) groups excluding carboxylic acids is 2. The summed E-state index contributed by atoms with van der Waals surface area (Å²) in [4.78, 5) is 32.5. The lowest BCUT2D eigenvalue weighted by molar-refractivity contribution is -0.123. The van der Waals surface area contributed by atoms with Gasteiger partial charge in [-0.25, -0.2) is 4.99 Å². The fourth-order valence-corrected chi connectivity index (χ4v) is 3.58. The van der Waals surface area contributed by atoms with Crippen LogP contribution in [-0.2, 0) is 16.1 Å². The summed E-state index contributed by atoms with van der Waals surface area (Å²) in [5.41, 5.74) is 1.63. The highest BCUT2D eigenvalue weighted by molar-refractivity contribution is 14.0. The van der Waals surface area contributed by atoms with Crippen LogP contribution in [0.5, 0.6) is 0 Å². The average molecular weight is 529 g/mol. The zero-order valence-corrected chi connectivity index (χ0v) is 20.1. The minimum Gasteiger partial charge on any atom is -0.381 e. The summed E-state index contributed by atoms with van der Waals surface area (Å²) in [6, 6.07) is 7.47. The van der Waals surface area contributed by atoms with Gasteiger partial charge in [0.05, 0.1) is 19.7 Å². The first-order valence-electron chi connectivity index (χ1n) is 10.3. The van der Waals surface area contributed by atoms with Crippen LogP contribution in [0, 0.1) is 5.92 Å². The van der Waals surface area contributed by atoms with Gasteiger partial charge in [-0.3, -0.25) is 9.59 Å². The van der Waals surface area contributed by atoms with E-state index in [2.05, 4.69) is 29.5 Å². The van der Waals surface area contributed by atoms with E-state index in [-0.39, 0.29) is 42.3 Å². The Labute approximate surface area is 195 Å². The number of guanidine groups is 1. The van der Waals surface area contributed by atoms with Crippen LogP contribution < -0.4 is 10.6 Å². The third-order valence-electron chi connectivity index (χ3n) is 5.19. The maximum absolute atomic E-state index is 12.6. The molecule has 2 aliphatic rings. The topological polar surface area (TPSA) is 86.3 Å². The van der Waals surface area contributed by atoms with E-state index in [4.69, 9.17) is 9.73 Å². The SMILES string of the molecule is CCNC(=NCc1ccc(C(=O)N2CCNC(=O)C2)cc1)N(C)CC1CCOC1.I. The van der Waals surface area contributed by atoms with Gasteiger partial charge in [0.2, 0.25) is 5.91 Å². The van der Waals surface area contributed by atoms with Crippen LogP contribution in [0.25, 0.3) is 0 Å². The first kappa shape index (κ1) is 24.4. The van der Waals surface area contributed by atoms with E-state index in [1.54, 1.807) is 4.90 Å². The van der Waals surface area contributed by atoms with Crippen molar-refractivity contribution in [1.82, 2.24) is 20.4 Å². The van der Waals surface area contributed by atoms with Crippen molar-refractivity contribution in [1.29, 1.82) is 0 Å². The van der Waals surface area contributed by atoms with E-state index < -0.39 is 0 Å². The van der Waals surface area contributed by atoms with Gasteiger partial charge in [0.1, 0.15) is 0 Å². The number of aliphatic imine (C=N–C) groups is 1. The highest BCUT2D eigenvalue weighted by atomic mass is 127.